The number of fused-ring (bicyclic) bond motifs is 1. The Bertz CT molecular complexity index is 727. The Morgan fingerprint density at radius 2 is 2.12 bits per heavy atom. The summed E-state index contributed by atoms with van der Waals surface area (Å²) in [5.41, 5.74) is 1.98. The van der Waals surface area contributed by atoms with Gasteiger partial charge >= 0.3 is 5.97 Å². The summed E-state index contributed by atoms with van der Waals surface area (Å²) in [5, 5.41) is 7.27. The predicted octanol–water partition coefficient (Wildman–Crippen LogP) is 2.36. The summed E-state index contributed by atoms with van der Waals surface area (Å²) in [5.74, 6) is 0.258. The van der Waals surface area contributed by atoms with Crippen LogP contribution in [0.5, 0.6) is 0 Å². The van der Waals surface area contributed by atoms with Gasteiger partial charge in [0.05, 0.1) is 6.61 Å². The van der Waals surface area contributed by atoms with E-state index in [-0.39, 0.29) is 11.8 Å². The van der Waals surface area contributed by atoms with Gasteiger partial charge in [-0.2, -0.15) is 0 Å². The third kappa shape index (κ3) is 5.77. The molecule has 0 saturated carbocycles. The van der Waals surface area contributed by atoms with Crippen LogP contribution in [0.25, 0.3) is 10.9 Å². The molecule has 2 rings (SSSR count). The zero-order valence-electron chi connectivity index (χ0n) is 14.7. The lowest BCUT2D eigenvalue weighted by molar-refractivity contribution is -0.143. The summed E-state index contributed by atoms with van der Waals surface area (Å²) < 4.78 is 18.3. The number of benzene rings is 1. The molecule has 0 radical (unpaired) electrons. The SMILES string of the molecule is CCOC(=O)CCCNC(=NC)NCCc1c[nH]c2ccc(F)cc12. The van der Waals surface area contributed by atoms with Crippen molar-refractivity contribution in [1.82, 2.24) is 15.6 Å². The van der Waals surface area contributed by atoms with Crippen molar-refractivity contribution in [3.63, 3.8) is 0 Å². The van der Waals surface area contributed by atoms with Crippen molar-refractivity contribution < 1.29 is 13.9 Å². The molecule has 7 heteroatoms. The normalized spacial score (nSPS) is 11.6. The first-order valence-corrected chi connectivity index (χ1v) is 8.49. The molecule has 2 aromatic rings. The van der Waals surface area contributed by atoms with Gasteiger partial charge in [-0.3, -0.25) is 9.79 Å². The molecule has 0 unspecified atom stereocenters. The molecule has 3 N–H and O–H groups in total. The van der Waals surface area contributed by atoms with Gasteiger partial charge in [-0.1, -0.05) is 0 Å². The number of H-pyrrole nitrogens is 1. The molecule has 0 spiro atoms. The van der Waals surface area contributed by atoms with Crippen LogP contribution in [0.1, 0.15) is 25.3 Å². The van der Waals surface area contributed by atoms with Crippen LogP contribution in [0.15, 0.2) is 29.4 Å². The molecular formula is C18H25FN4O2. The molecule has 1 aromatic heterocycles. The van der Waals surface area contributed by atoms with Gasteiger partial charge in [0.1, 0.15) is 5.82 Å². The Hall–Kier alpha value is -2.57. The monoisotopic (exact) mass is 348 g/mol. The van der Waals surface area contributed by atoms with Crippen molar-refractivity contribution in [2.45, 2.75) is 26.2 Å². The summed E-state index contributed by atoms with van der Waals surface area (Å²) in [7, 11) is 1.70. The maximum Gasteiger partial charge on any atom is 0.305 e. The van der Waals surface area contributed by atoms with Crippen molar-refractivity contribution >= 4 is 22.8 Å². The number of esters is 1. The summed E-state index contributed by atoms with van der Waals surface area (Å²) in [6, 6.07) is 4.73. The van der Waals surface area contributed by atoms with E-state index in [2.05, 4.69) is 20.6 Å². The van der Waals surface area contributed by atoms with E-state index in [1.165, 1.54) is 6.07 Å². The van der Waals surface area contributed by atoms with Crippen LogP contribution in [0.2, 0.25) is 0 Å². The Balaban J connectivity index is 1.73. The third-order valence-electron chi connectivity index (χ3n) is 3.80. The van der Waals surface area contributed by atoms with Gasteiger partial charge in [-0.15, -0.1) is 0 Å². The predicted molar refractivity (Wildman–Crippen MR) is 97.2 cm³/mol. The first-order valence-electron chi connectivity index (χ1n) is 8.49. The molecule has 0 aliphatic heterocycles. The molecule has 25 heavy (non-hydrogen) atoms. The highest BCUT2D eigenvalue weighted by Gasteiger charge is 2.06. The van der Waals surface area contributed by atoms with Crippen LogP contribution in [0.4, 0.5) is 4.39 Å². The fraction of sp³-hybridized carbons (Fsp3) is 0.444. The molecule has 1 aromatic carbocycles. The minimum Gasteiger partial charge on any atom is -0.466 e. The van der Waals surface area contributed by atoms with E-state index in [1.54, 1.807) is 26.1 Å². The number of hydrogen-bond donors (Lipinski definition) is 3. The number of nitrogens with zero attached hydrogens (tertiary/aromatic N) is 1. The van der Waals surface area contributed by atoms with Crippen LogP contribution in [-0.4, -0.2) is 43.7 Å². The average molecular weight is 348 g/mol. The molecule has 0 aliphatic rings. The second-order valence-corrected chi connectivity index (χ2v) is 5.59. The highest BCUT2D eigenvalue weighted by Crippen LogP contribution is 2.19. The fourth-order valence-electron chi connectivity index (χ4n) is 2.57. The van der Waals surface area contributed by atoms with Crippen LogP contribution < -0.4 is 10.6 Å². The second-order valence-electron chi connectivity index (χ2n) is 5.59. The standard InChI is InChI=1S/C18H25FN4O2/c1-3-25-17(24)5-4-9-21-18(20-2)22-10-8-13-12-23-16-7-6-14(19)11-15(13)16/h6-7,11-12,23H,3-5,8-10H2,1-2H3,(H2,20,21,22). The molecule has 0 aliphatic carbocycles. The van der Waals surface area contributed by atoms with Crippen molar-refractivity contribution in [2.24, 2.45) is 4.99 Å². The largest absolute Gasteiger partial charge is 0.466 e. The third-order valence-corrected chi connectivity index (χ3v) is 3.80. The van der Waals surface area contributed by atoms with Crippen LogP contribution >= 0.6 is 0 Å². The van der Waals surface area contributed by atoms with Gasteiger partial charge in [0.2, 0.25) is 0 Å². The lowest BCUT2D eigenvalue weighted by Gasteiger charge is -2.11. The minimum atomic E-state index is -0.236. The fourth-order valence-corrected chi connectivity index (χ4v) is 2.57. The molecule has 6 nitrogen and oxygen atoms in total. The number of guanidine groups is 1. The number of carbonyl (C=O) groups excluding carboxylic acids is 1. The van der Waals surface area contributed by atoms with E-state index in [9.17, 15) is 9.18 Å². The van der Waals surface area contributed by atoms with Crippen LogP contribution in [0.3, 0.4) is 0 Å². The molecule has 0 bridgehead atoms. The van der Waals surface area contributed by atoms with E-state index < -0.39 is 0 Å². The van der Waals surface area contributed by atoms with Crippen molar-refractivity contribution in [2.75, 3.05) is 26.7 Å². The molecule has 0 amide bonds. The van der Waals surface area contributed by atoms with Gasteiger partial charge < -0.3 is 20.4 Å². The Morgan fingerprint density at radius 3 is 2.88 bits per heavy atom. The first-order chi connectivity index (χ1) is 12.1. The summed E-state index contributed by atoms with van der Waals surface area (Å²) in [4.78, 5) is 18.6. The number of halogens is 1. The zero-order chi connectivity index (χ0) is 18.1. The first kappa shape index (κ1) is 18.8. The Labute approximate surface area is 146 Å². The van der Waals surface area contributed by atoms with Crippen molar-refractivity contribution in [3.8, 4) is 0 Å². The number of hydrogen-bond acceptors (Lipinski definition) is 3. The molecule has 136 valence electrons. The highest BCUT2D eigenvalue weighted by molar-refractivity contribution is 5.83. The number of ether oxygens (including phenoxy) is 1. The summed E-state index contributed by atoms with van der Waals surface area (Å²) in [6.07, 6.45) is 3.72. The molecule has 1 heterocycles. The van der Waals surface area contributed by atoms with Crippen molar-refractivity contribution in [3.05, 3.63) is 35.8 Å². The van der Waals surface area contributed by atoms with Gasteiger partial charge in [-0.05, 0) is 43.5 Å². The van der Waals surface area contributed by atoms with Crippen molar-refractivity contribution in [1.29, 1.82) is 0 Å². The topological polar surface area (TPSA) is 78.5 Å². The molecular weight excluding hydrogens is 323 g/mol. The lowest BCUT2D eigenvalue weighted by Crippen LogP contribution is -2.38. The van der Waals surface area contributed by atoms with Crippen LogP contribution in [0, 0.1) is 5.82 Å². The number of rotatable bonds is 8. The minimum absolute atomic E-state index is 0.182. The number of aliphatic imine (C=N–C) groups is 1. The number of aromatic nitrogens is 1. The van der Waals surface area contributed by atoms with Gasteiger partial charge in [0.25, 0.3) is 0 Å². The molecule has 0 atom stereocenters. The van der Waals surface area contributed by atoms with Gasteiger partial charge in [0, 0.05) is 43.7 Å². The van der Waals surface area contributed by atoms with E-state index >= 15 is 0 Å². The lowest BCUT2D eigenvalue weighted by atomic mass is 10.1. The highest BCUT2D eigenvalue weighted by atomic mass is 19.1. The van der Waals surface area contributed by atoms with Crippen LogP contribution in [-0.2, 0) is 16.0 Å². The maximum absolute atomic E-state index is 13.4. The van der Waals surface area contributed by atoms with Gasteiger partial charge in [0.15, 0.2) is 5.96 Å². The zero-order valence-corrected chi connectivity index (χ0v) is 14.7. The Morgan fingerprint density at radius 1 is 1.32 bits per heavy atom. The number of nitrogens with one attached hydrogen (secondary N) is 3. The number of aromatic amines is 1. The van der Waals surface area contributed by atoms with E-state index in [0.717, 1.165) is 22.9 Å². The Kier molecular flexibility index (Phi) is 7.25. The molecule has 0 saturated heterocycles. The average Bonchev–Trinajstić information content (AvgIpc) is 2.99. The number of carbonyl (C=O) groups is 1. The van der Waals surface area contributed by atoms with Gasteiger partial charge in [-0.25, -0.2) is 4.39 Å². The summed E-state index contributed by atoms with van der Waals surface area (Å²) >= 11 is 0. The smallest absolute Gasteiger partial charge is 0.305 e. The van der Waals surface area contributed by atoms with E-state index in [1.807, 2.05) is 6.20 Å². The quantitative estimate of drug-likeness (QED) is 0.296. The summed E-state index contributed by atoms with van der Waals surface area (Å²) in [6.45, 7) is 3.51. The van der Waals surface area contributed by atoms with E-state index in [0.29, 0.717) is 38.5 Å². The second kappa shape index (κ2) is 9.66. The van der Waals surface area contributed by atoms with E-state index in [4.69, 9.17) is 4.74 Å². The molecule has 0 fully saturated rings. The maximum atomic E-state index is 13.4.